The molecule has 0 saturated heterocycles. The summed E-state index contributed by atoms with van der Waals surface area (Å²) < 4.78 is 10.8. The van der Waals surface area contributed by atoms with Gasteiger partial charge in [0.15, 0.2) is 5.96 Å². The average molecular weight is 377 g/mol. The Kier molecular flexibility index (Phi) is 7.72. The molecule has 0 aliphatic carbocycles. The van der Waals surface area contributed by atoms with E-state index in [4.69, 9.17) is 14.5 Å². The average Bonchev–Trinajstić information content (AvgIpc) is 3.05. The van der Waals surface area contributed by atoms with E-state index in [1.54, 1.807) is 25.6 Å². The maximum absolute atomic E-state index is 5.44. The summed E-state index contributed by atoms with van der Waals surface area (Å²) in [6.07, 6.45) is 0.777. The van der Waals surface area contributed by atoms with Gasteiger partial charge >= 0.3 is 0 Å². The Balaban J connectivity index is 2.04. The van der Waals surface area contributed by atoms with Gasteiger partial charge in [-0.3, -0.25) is 4.99 Å². The number of aryl methyl sites for hydroxylation is 1. The minimum Gasteiger partial charge on any atom is -0.497 e. The molecule has 0 radical (unpaired) electrons. The number of benzene rings is 1. The summed E-state index contributed by atoms with van der Waals surface area (Å²) >= 11 is 1.67. The van der Waals surface area contributed by atoms with Gasteiger partial charge in [-0.25, -0.2) is 4.98 Å². The van der Waals surface area contributed by atoms with Gasteiger partial charge in [0.2, 0.25) is 0 Å². The number of nitrogens with zero attached hydrogens (tertiary/aromatic N) is 3. The normalized spacial score (nSPS) is 11.3. The first-order valence-corrected chi connectivity index (χ1v) is 9.56. The SMILES string of the molecule is CCNC(=NCCc1cc(OC)ccc1OC)N(C)Cc1csc(C)n1. The molecule has 0 atom stereocenters. The van der Waals surface area contributed by atoms with Crippen LogP contribution in [0.5, 0.6) is 11.5 Å². The first-order valence-electron chi connectivity index (χ1n) is 8.68. The van der Waals surface area contributed by atoms with E-state index < -0.39 is 0 Å². The number of rotatable bonds is 8. The molecule has 0 fully saturated rings. The van der Waals surface area contributed by atoms with Crippen molar-refractivity contribution in [2.24, 2.45) is 4.99 Å². The van der Waals surface area contributed by atoms with Crippen LogP contribution in [0.15, 0.2) is 28.6 Å². The van der Waals surface area contributed by atoms with Gasteiger partial charge in [-0.05, 0) is 44.0 Å². The van der Waals surface area contributed by atoms with E-state index in [0.717, 1.165) is 53.2 Å². The van der Waals surface area contributed by atoms with Crippen LogP contribution in [0, 0.1) is 6.92 Å². The first-order chi connectivity index (χ1) is 12.6. The Bertz CT molecular complexity index is 730. The van der Waals surface area contributed by atoms with E-state index in [1.165, 1.54) is 0 Å². The standard InChI is InChI=1S/C19H28N4O2S/c1-6-20-19(23(3)12-16-13-26-14(2)22-16)21-10-9-15-11-17(24-4)7-8-18(15)25-5/h7-8,11,13H,6,9-10,12H2,1-5H3,(H,20,21). The fourth-order valence-corrected chi connectivity index (χ4v) is 3.23. The lowest BCUT2D eigenvalue weighted by Gasteiger charge is -2.21. The highest BCUT2D eigenvalue weighted by Crippen LogP contribution is 2.24. The van der Waals surface area contributed by atoms with Crippen LogP contribution in [-0.4, -0.2) is 50.2 Å². The molecule has 26 heavy (non-hydrogen) atoms. The molecule has 0 aliphatic heterocycles. The minimum absolute atomic E-state index is 0.659. The number of aromatic nitrogens is 1. The molecule has 0 unspecified atom stereocenters. The first kappa shape index (κ1) is 20.0. The summed E-state index contributed by atoms with van der Waals surface area (Å²) in [7, 11) is 5.38. The van der Waals surface area contributed by atoms with Crippen molar-refractivity contribution in [1.82, 2.24) is 15.2 Å². The second-order valence-electron chi connectivity index (χ2n) is 5.88. The van der Waals surface area contributed by atoms with Crippen LogP contribution < -0.4 is 14.8 Å². The van der Waals surface area contributed by atoms with E-state index in [-0.39, 0.29) is 0 Å². The van der Waals surface area contributed by atoms with Gasteiger partial charge in [0, 0.05) is 25.5 Å². The van der Waals surface area contributed by atoms with Crippen LogP contribution >= 0.6 is 11.3 Å². The predicted molar refractivity (Wildman–Crippen MR) is 108 cm³/mol. The predicted octanol–water partition coefficient (Wildman–Crippen LogP) is 3.11. The third-order valence-corrected chi connectivity index (χ3v) is 4.71. The Hall–Kier alpha value is -2.28. The Morgan fingerprint density at radius 2 is 2.12 bits per heavy atom. The minimum atomic E-state index is 0.659. The molecule has 2 rings (SSSR count). The Labute approximate surface area is 159 Å². The molecule has 0 bridgehead atoms. The summed E-state index contributed by atoms with van der Waals surface area (Å²) in [5.74, 6) is 2.56. The Morgan fingerprint density at radius 1 is 1.31 bits per heavy atom. The second kappa shape index (κ2) is 10.0. The number of nitrogens with one attached hydrogen (secondary N) is 1. The number of aliphatic imine (C=N–C) groups is 1. The summed E-state index contributed by atoms with van der Waals surface area (Å²) in [5.41, 5.74) is 2.15. The van der Waals surface area contributed by atoms with Crippen molar-refractivity contribution in [3.05, 3.63) is 39.8 Å². The van der Waals surface area contributed by atoms with Crippen LogP contribution in [0.3, 0.4) is 0 Å². The van der Waals surface area contributed by atoms with Crippen molar-refractivity contribution in [3.63, 3.8) is 0 Å². The zero-order valence-corrected chi connectivity index (χ0v) is 17.0. The number of hydrogen-bond acceptors (Lipinski definition) is 5. The third-order valence-electron chi connectivity index (χ3n) is 3.89. The summed E-state index contributed by atoms with van der Waals surface area (Å²) in [6, 6.07) is 5.84. The molecule has 1 N–H and O–H groups in total. The highest BCUT2D eigenvalue weighted by molar-refractivity contribution is 7.09. The van der Waals surface area contributed by atoms with Gasteiger partial charge in [-0.15, -0.1) is 11.3 Å². The fraction of sp³-hybridized carbons (Fsp3) is 0.474. The van der Waals surface area contributed by atoms with E-state index in [2.05, 4.69) is 27.5 Å². The van der Waals surface area contributed by atoms with Crippen molar-refractivity contribution in [1.29, 1.82) is 0 Å². The Morgan fingerprint density at radius 3 is 2.73 bits per heavy atom. The lowest BCUT2D eigenvalue weighted by Crippen LogP contribution is -2.38. The molecular formula is C19H28N4O2S. The lowest BCUT2D eigenvalue weighted by molar-refractivity contribution is 0.398. The van der Waals surface area contributed by atoms with Gasteiger partial charge in [0.05, 0.1) is 31.5 Å². The molecule has 0 saturated carbocycles. The maximum Gasteiger partial charge on any atom is 0.194 e. The fourth-order valence-electron chi connectivity index (χ4n) is 2.63. The van der Waals surface area contributed by atoms with E-state index >= 15 is 0 Å². The number of guanidine groups is 1. The molecule has 0 spiro atoms. The highest BCUT2D eigenvalue weighted by Gasteiger charge is 2.09. The molecule has 1 aromatic carbocycles. The molecular weight excluding hydrogens is 348 g/mol. The van der Waals surface area contributed by atoms with E-state index in [0.29, 0.717) is 6.54 Å². The largest absolute Gasteiger partial charge is 0.497 e. The molecule has 6 nitrogen and oxygen atoms in total. The number of methoxy groups -OCH3 is 2. The molecule has 1 aromatic heterocycles. The van der Waals surface area contributed by atoms with E-state index in [1.807, 2.05) is 32.2 Å². The summed E-state index contributed by atoms with van der Waals surface area (Å²) in [5, 5.41) is 6.52. The van der Waals surface area contributed by atoms with Gasteiger partial charge in [-0.1, -0.05) is 0 Å². The third kappa shape index (κ3) is 5.62. The molecule has 1 heterocycles. The highest BCUT2D eigenvalue weighted by atomic mass is 32.1. The second-order valence-corrected chi connectivity index (χ2v) is 6.94. The summed E-state index contributed by atoms with van der Waals surface area (Å²) in [4.78, 5) is 11.4. The maximum atomic E-state index is 5.44. The number of thiazole rings is 1. The molecule has 0 aliphatic rings. The van der Waals surface area contributed by atoms with Crippen molar-refractivity contribution < 1.29 is 9.47 Å². The van der Waals surface area contributed by atoms with Crippen molar-refractivity contribution >= 4 is 17.3 Å². The van der Waals surface area contributed by atoms with Crippen molar-refractivity contribution in [3.8, 4) is 11.5 Å². The molecule has 7 heteroatoms. The van der Waals surface area contributed by atoms with Crippen molar-refractivity contribution in [2.75, 3.05) is 34.4 Å². The lowest BCUT2D eigenvalue weighted by atomic mass is 10.1. The van der Waals surface area contributed by atoms with Crippen LogP contribution in [0.25, 0.3) is 0 Å². The van der Waals surface area contributed by atoms with E-state index in [9.17, 15) is 0 Å². The quantitative estimate of drug-likeness (QED) is 0.567. The van der Waals surface area contributed by atoms with Crippen LogP contribution in [0.1, 0.15) is 23.2 Å². The number of hydrogen-bond donors (Lipinski definition) is 1. The number of ether oxygens (including phenoxy) is 2. The zero-order valence-electron chi connectivity index (χ0n) is 16.2. The van der Waals surface area contributed by atoms with Gasteiger partial charge < -0.3 is 19.7 Å². The molecule has 142 valence electrons. The monoisotopic (exact) mass is 376 g/mol. The summed E-state index contributed by atoms with van der Waals surface area (Å²) in [6.45, 7) is 6.31. The molecule has 2 aromatic rings. The topological polar surface area (TPSA) is 59.0 Å². The molecule has 0 amide bonds. The van der Waals surface area contributed by atoms with Crippen molar-refractivity contribution in [2.45, 2.75) is 26.8 Å². The van der Waals surface area contributed by atoms with Gasteiger partial charge in [0.1, 0.15) is 11.5 Å². The smallest absolute Gasteiger partial charge is 0.194 e. The van der Waals surface area contributed by atoms with Crippen LogP contribution in [0.2, 0.25) is 0 Å². The van der Waals surface area contributed by atoms with Crippen LogP contribution in [0.4, 0.5) is 0 Å². The zero-order chi connectivity index (χ0) is 18.9. The van der Waals surface area contributed by atoms with Crippen LogP contribution in [-0.2, 0) is 13.0 Å². The van der Waals surface area contributed by atoms with Gasteiger partial charge in [-0.2, -0.15) is 0 Å². The van der Waals surface area contributed by atoms with Gasteiger partial charge in [0.25, 0.3) is 0 Å².